The summed E-state index contributed by atoms with van der Waals surface area (Å²) in [5.41, 5.74) is 8.22. The molecule has 0 aliphatic rings. The summed E-state index contributed by atoms with van der Waals surface area (Å²) in [6.07, 6.45) is 3.30. The first-order valence-electron chi connectivity index (χ1n) is 5.67. The summed E-state index contributed by atoms with van der Waals surface area (Å²) < 4.78 is 0.839. The van der Waals surface area contributed by atoms with Crippen LogP contribution in [0.1, 0.15) is 21.7 Å². The van der Waals surface area contributed by atoms with Gasteiger partial charge < -0.3 is 11.1 Å². The first-order valence-corrected chi connectivity index (χ1v) is 6.46. The van der Waals surface area contributed by atoms with Crippen molar-refractivity contribution in [2.45, 2.75) is 13.5 Å². The van der Waals surface area contributed by atoms with Gasteiger partial charge in [0.25, 0.3) is 5.91 Å². The Labute approximate surface area is 119 Å². The smallest absolute Gasteiger partial charge is 0.253 e. The fraction of sp³-hybridized carbons (Fsp3) is 0.154. The summed E-state index contributed by atoms with van der Waals surface area (Å²) in [7, 11) is 0. The Morgan fingerprint density at radius 2 is 2.16 bits per heavy atom. The minimum absolute atomic E-state index is 0.229. The van der Waals surface area contributed by atoms with E-state index in [0.717, 1.165) is 10.2 Å². The molecule has 98 valence electrons. The normalized spacial score (nSPS) is 10.2. The van der Waals surface area contributed by atoms with Crippen molar-refractivity contribution in [2.24, 2.45) is 0 Å². The number of nitrogen functional groups attached to an aromatic ring is 1. The Bertz CT molecular complexity index is 598. The average molecular weight is 321 g/mol. The molecule has 2 rings (SSSR count). The maximum absolute atomic E-state index is 12.0. The van der Waals surface area contributed by atoms with Crippen molar-refractivity contribution < 1.29 is 4.79 Å². The highest BCUT2D eigenvalue weighted by atomic mass is 79.9. The highest BCUT2D eigenvalue weighted by Crippen LogP contribution is 2.18. The van der Waals surface area contributed by atoms with Crippen LogP contribution in [0.2, 0.25) is 0 Å². The molecule has 5 nitrogen and oxygen atoms in total. The number of carbonyl (C=O) groups is 1. The number of halogens is 1. The molecule has 0 aliphatic carbocycles. The van der Waals surface area contributed by atoms with E-state index in [1.165, 1.54) is 0 Å². The maximum Gasteiger partial charge on any atom is 0.253 e. The van der Waals surface area contributed by atoms with Crippen LogP contribution in [-0.2, 0) is 6.54 Å². The van der Waals surface area contributed by atoms with Gasteiger partial charge in [-0.25, -0.2) is 0 Å². The van der Waals surface area contributed by atoms with E-state index in [1.54, 1.807) is 30.6 Å². The number of hydrogen-bond donors (Lipinski definition) is 2. The summed E-state index contributed by atoms with van der Waals surface area (Å²) >= 11 is 3.30. The number of hydrogen-bond acceptors (Lipinski definition) is 4. The van der Waals surface area contributed by atoms with Gasteiger partial charge in [-0.05, 0) is 25.1 Å². The molecule has 0 unspecified atom stereocenters. The van der Waals surface area contributed by atoms with Crippen LogP contribution in [0.5, 0.6) is 0 Å². The van der Waals surface area contributed by atoms with Gasteiger partial charge in [0.1, 0.15) is 0 Å². The van der Waals surface area contributed by atoms with Crippen molar-refractivity contribution in [3.8, 4) is 0 Å². The third-order valence-electron chi connectivity index (χ3n) is 2.52. The van der Waals surface area contributed by atoms with E-state index >= 15 is 0 Å². The van der Waals surface area contributed by atoms with Crippen molar-refractivity contribution in [3.05, 3.63) is 52.0 Å². The molecule has 3 N–H and O–H groups in total. The molecule has 2 aromatic rings. The van der Waals surface area contributed by atoms with Gasteiger partial charge in [-0.1, -0.05) is 15.9 Å². The minimum Gasteiger partial charge on any atom is -0.398 e. The number of anilines is 1. The Balaban J connectivity index is 2.03. The number of benzene rings is 1. The molecule has 0 aliphatic heterocycles. The summed E-state index contributed by atoms with van der Waals surface area (Å²) in [6, 6.07) is 5.15. The number of nitrogens with zero attached hydrogens (tertiary/aromatic N) is 2. The van der Waals surface area contributed by atoms with Crippen molar-refractivity contribution in [1.82, 2.24) is 15.3 Å². The van der Waals surface area contributed by atoms with Crippen molar-refractivity contribution >= 4 is 27.5 Å². The van der Waals surface area contributed by atoms with E-state index in [2.05, 4.69) is 31.2 Å². The Hall–Kier alpha value is -1.95. The molecule has 1 heterocycles. The van der Waals surface area contributed by atoms with Gasteiger partial charge >= 0.3 is 0 Å². The van der Waals surface area contributed by atoms with Gasteiger partial charge in [0.05, 0.1) is 29.7 Å². The first kappa shape index (κ1) is 13.5. The van der Waals surface area contributed by atoms with E-state index in [9.17, 15) is 4.79 Å². The van der Waals surface area contributed by atoms with Gasteiger partial charge in [-0.15, -0.1) is 0 Å². The maximum atomic E-state index is 12.0. The van der Waals surface area contributed by atoms with Gasteiger partial charge in [-0.2, -0.15) is 0 Å². The molecular weight excluding hydrogens is 308 g/mol. The highest BCUT2D eigenvalue weighted by molar-refractivity contribution is 9.10. The Morgan fingerprint density at radius 3 is 2.79 bits per heavy atom. The molecule has 0 spiro atoms. The largest absolute Gasteiger partial charge is 0.398 e. The molecule has 0 bridgehead atoms. The van der Waals surface area contributed by atoms with Crippen molar-refractivity contribution in [1.29, 1.82) is 0 Å². The number of rotatable bonds is 3. The summed E-state index contributed by atoms with van der Waals surface area (Å²) in [5.74, 6) is -0.229. The average Bonchev–Trinajstić information content (AvgIpc) is 2.37. The van der Waals surface area contributed by atoms with E-state index in [4.69, 9.17) is 5.73 Å². The molecule has 1 aromatic carbocycles. The molecule has 1 amide bonds. The van der Waals surface area contributed by atoms with Crippen LogP contribution in [0.15, 0.2) is 35.1 Å². The molecule has 0 fully saturated rings. The van der Waals surface area contributed by atoms with E-state index in [0.29, 0.717) is 23.5 Å². The number of aromatic nitrogens is 2. The fourth-order valence-corrected chi connectivity index (χ4v) is 1.90. The standard InChI is InChI=1S/C13H13BrN4O/c1-8-5-17-10(6-16-8)7-18-13(19)11-3-2-9(14)4-12(11)15/h2-6H,7,15H2,1H3,(H,18,19). The van der Waals surface area contributed by atoms with E-state index in [-0.39, 0.29) is 5.91 Å². The van der Waals surface area contributed by atoms with Crippen LogP contribution in [-0.4, -0.2) is 15.9 Å². The third kappa shape index (κ3) is 3.51. The quantitative estimate of drug-likeness (QED) is 0.848. The number of amides is 1. The summed E-state index contributed by atoms with van der Waals surface area (Å²) in [5, 5.41) is 2.76. The molecule has 0 saturated heterocycles. The zero-order valence-electron chi connectivity index (χ0n) is 10.4. The van der Waals surface area contributed by atoms with E-state index in [1.807, 2.05) is 6.92 Å². The van der Waals surface area contributed by atoms with Crippen LogP contribution >= 0.6 is 15.9 Å². The lowest BCUT2D eigenvalue weighted by Gasteiger charge is -2.07. The Kier molecular flexibility index (Phi) is 4.11. The fourth-order valence-electron chi connectivity index (χ4n) is 1.52. The molecule has 6 heteroatoms. The van der Waals surface area contributed by atoms with Gasteiger partial charge in [0, 0.05) is 16.4 Å². The zero-order valence-corrected chi connectivity index (χ0v) is 11.9. The number of nitrogens with one attached hydrogen (secondary N) is 1. The lowest BCUT2D eigenvalue weighted by molar-refractivity contribution is 0.0951. The molecular formula is C13H13BrN4O. The second-order valence-corrected chi connectivity index (χ2v) is 4.98. The monoisotopic (exact) mass is 320 g/mol. The van der Waals surface area contributed by atoms with Crippen LogP contribution in [0.3, 0.4) is 0 Å². The predicted molar refractivity (Wildman–Crippen MR) is 76.5 cm³/mol. The molecule has 0 saturated carbocycles. The molecule has 0 atom stereocenters. The van der Waals surface area contributed by atoms with Gasteiger partial charge in [-0.3, -0.25) is 14.8 Å². The van der Waals surface area contributed by atoms with Crippen LogP contribution in [0, 0.1) is 6.92 Å². The van der Waals surface area contributed by atoms with Gasteiger partial charge in [0.15, 0.2) is 0 Å². The zero-order chi connectivity index (χ0) is 13.8. The number of nitrogens with two attached hydrogens (primary N) is 1. The summed E-state index contributed by atoms with van der Waals surface area (Å²) in [4.78, 5) is 20.2. The lowest BCUT2D eigenvalue weighted by Crippen LogP contribution is -2.24. The topological polar surface area (TPSA) is 80.9 Å². The van der Waals surface area contributed by atoms with Crippen LogP contribution < -0.4 is 11.1 Å². The minimum atomic E-state index is -0.229. The Morgan fingerprint density at radius 1 is 1.37 bits per heavy atom. The van der Waals surface area contributed by atoms with Gasteiger partial charge in [0.2, 0.25) is 0 Å². The van der Waals surface area contributed by atoms with E-state index < -0.39 is 0 Å². The van der Waals surface area contributed by atoms with Crippen LogP contribution in [0.25, 0.3) is 0 Å². The number of carbonyl (C=O) groups excluding carboxylic acids is 1. The molecule has 19 heavy (non-hydrogen) atoms. The SMILES string of the molecule is Cc1cnc(CNC(=O)c2ccc(Br)cc2N)cn1. The lowest BCUT2D eigenvalue weighted by atomic mass is 10.1. The second kappa shape index (κ2) is 5.79. The first-order chi connectivity index (χ1) is 9.06. The van der Waals surface area contributed by atoms with Crippen molar-refractivity contribution in [2.75, 3.05) is 5.73 Å². The highest BCUT2D eigenvalue weighted by Gasteiger charge is 2.09. The second-order valence-electron chi connectivity index (χ2n) is 4.06. The third-order valence-corrected chi connectivity index (χ3v) is 3.02. The molecule has 0 radical (unpaired) electrons. The summed E-state index contributed by atoms with van der Waals surface area (Å²) in [6.45, 7) is 2.18. The number of aryl methyl sites for hydroxylation is 1. The molecule has 1 aromatic heterocycles. The van der Waals surface area contributed by atoms with Crippen LogP contribution in [0.4, 0.5) is 5.69 Å². The predicted octanol–water partition coefficient (Wildman–Crippen LogP) is 2.06. The van der Waals surface area contributed by atoms with Crippen molar-refractivity contribution in [3.63, 3.8) is 0 Å².